The van der Waals surface area contributed by atoms with Crippen LogP contribution < -0.4 is 20.9 Å². The number of carbonyl (C=O) groups is 2. The SMILES string of the molecule is CCOc1ccc(/C=C/C(=O)NC(=S)NNC(=O)C2CCCCC2)cc1. The molecule has 1 fully saturated rings. The van der Waals surface area contributed by atoms with Gasteiger partial charge in [0, 0.05) is 12.0 Å². The third-order valence-electron chi connectivity index (χ3n) is 4.13. The van der Waals surface area contributed by atoms with Crippen molar-refractivity contribution in [2.45, 2.75) is 39.0 Å². The van der Waals surface area contributed by atoms with Gasteiger partial charge >= 0.3 is 0 Å². The van der Waals surface area contributed by atoms with Crippen LogP contribution >= 0.6 is 12.2 Å². The average Bonchev–Trinajstić information content (AvgIpc) is 2.66. The third-order valence-corrected chi connectivity index (χ3v) is 4.33. The second kappa shape index (κ2) is 10.6. The van der Waals surface area contributed by atoms with Gasteiger partial charge in [-0.1, -0.05) is 31.4 Å². The number of hydrogen-bond acceptors (Lipinski definition) is 4. The Bertz CT molecular complexity index is 652. The molecule has 0 aromatic heterocycles. The highest BCUT2D eigenvalue weighted by atomic mass is 32.1. The predicted octanol–water partition coefficient (Wildman–Crippen LogP) is 2.70. The minimum Gasteiger partial charge on any atom is -0.494 e. The van der Waals surface area contributed by atoms with Crippen molar-refractivity contribution < 1.29 is 14.3 Å². The molecule has 1 aliphatic carbocycles. The Hall–Kier alpha value is -2.41. The van der Waals surface area contributed by atoms with Crippen molar-refractivity contribution in [3.63, 3.8) is 0 Å². The third kappa shape index (κ3) is 6.84. The molecule has 0 aliphatic heterocycles. The topological polar surface area (TPSA) is 79.5 Å². The second-order valence-corrected chi connectivity index (χ2v) is 6.51. The Morgan fingerprint density at radius 2 is 1.85 bits per heavy atom. The maximum atomic E-state index is 12.0. The normalized spacial score (nSPS) is 14.7. The van der Waals surface area contributed by atoms with Crippen molar-refractivity contribution in [2.24, 2.45) is 5.92 Å². The monoisotopic (exact) mass is 375 g/mol. The van der Waals surface area contributed by atoms with Crippen molar-refractivity contribution in [1.82, 2.24) is 16.2 Å². The van der Waals surface area contributed by atoms with Crippen LogP contribution in [0.15, 0.2) is 30.3 Å². The van der Waals surface area contributed by atoms with Crippen LogP contribution in [0, 0.1) is 5.92 Å². The first-order valence-electron chi connectivity index (χ1n) is 8.90. The minimum atomic E-state index is -0.372. The molecular weight excluding hydrogens is 350 g/mol. The first-order chi connectivity index (χ1) is 12.6. The molecule has 0 spiro atoms. The highest BCUT2D eigenvalue weighted by Crippen LogP contribution is 2.23. The summed E-state index contributed by atoms with van der Waals surface area (Å²) in [5.74, 6) is 0.358. The van der Waals surface area contributed by atoms with Crippen LogP contribution in [-0.4, -0.2) is 23.5 Å². The van der Waals surface area contributed by atoms with Crippen LogP contribution in [-0.2, 0) is 9.59 Å². The largest absolute Gasteiger partial charge is 0.494 e. The minimum absolute atomic E-state index is 0.0225. The second-order valence-electron chi connectivity index (χ2n) is 6.10. The van der Waals surface area contributed by atoms with Gasteiger partial charge in [-0.25, -0.2) is 0 Å². The summed E-state index contributed by atoms with van der Waals surface area (Å²) in [5, 5.41) is 2.56. The average molecular weight is 375 g/mol. The van der Waals surface area contributed by atoms with Gasteiger partial charge in [0.1, 0.15) is 5.75 Å². The molecule has 7 heteroatoms. The lowest BCUT2D eigenvalue weighted by Crippen LogP contribution is -2.50. The van der Waals surface area contributed by atoms with E-state index in [1.165, 1.54) is 12.5 Å². The van der Waals surface area contributed by atoms with Crippen molar-refractivity contribution in [3.8, 4) is 5.75 Å². The molecule has 0 heterocycles. The summed E-state index contributed by atoms with van der Waals surface area (Å²) in [4.78, 5) is 23.9. The van der Waals surface area contributed by atoms with E-state index in [2.05, 4.69) is 16.2 Å². The van der Waals surface area contributed by atoms with Gasteiger partial charge in [0.05, 0.1) is 6.61 Å². The fourth-order valence-electron chi connectivity index (χ4n) is 2.78. The van der Waals surface area contributed by atoms with Crippen LogP contribution in [0.2, 0.25) is 0 Å². The number of rotatable bonds is 5. The summed E-state index contributed by atoms with van der Waals surface area (Å²) in [6.45, 7) is 2.53. The van der Waals surface area contributed by atoms with Gasteiger partial charge < -0.3 is 4.74 Å². The number of ether oxygens (including phenoxy) is 1. The molecule has 140 valence electrons. The van der Waals surface area contributed by atoms with E-state index in [0.717, 1.165) is 37.0 Å². The molecule has 0 unspecified atom stereocenters. The molecule has 1 aromatic rings. The number of hydrazine groups is 1. The maximum absolute atomic E-state index is 12.0. The van der Waals surface area contributed by atoms with E-state index in [-0.39, 0.29) is 22.8 Å². The van der Waals surface area contributed by atoms with Crippen LogP contribution in [0.25, 0.3) is 6.08 Å². The highest BCUT2D eigenvalue weighted by molar-refractivity contribution is 7.80. The van der Waals surface area contributed by atoms with E-state index >= 15 is 0 Å². The molecule has 6 nitrogen and oxygen atoms in total. The zero-order valence-corrected chi connectivity index (χ0v) is 15.7. The molecule has 1 saturated carbocycles. The van der Waals surface area contributed by atoms with E-state index in [0.29, 0.717) is 6.61 Å². The van der Waals surface area contributed by atoms with Gasteiger partial charge in [0.15, 0.2) is 5.11 Å². The Labute approximate surface area is 159 Å². The van der Waals surface area contributed by atoms with E-state index < -0.39 is 0 Å². The predicted molar refractivity (Wildman–Crippen MR) is 105 cm³/mol. The van der Waals surface area contributed by atoms with Crippen molar-refractivity contribution in [3.05, 3.63) is 35.9 Å². The number of carbonyl (C=O) groups excluding carboxylic acids is 2. The molecule has 1 aromatic carbocycles. The van der Waals surface area contributed by atoms with E-state index in [4.69, 9.17) is 17.0 Å². The zero-order chi connectivity index (χ0) is 18.8. The molecule has 2 amide bonds. The van der Waals surface area contributed by atoms with Gasteiger partial charge in [0.2, 0.25) is 11.8 Å². The van der Waals surface area contributed by atoms with Gasteiger partial charge in [-0.3, -0.25) is 25.8 Å². The number of hydrogen-bond donors (Lipinski definition) is 3. The van der Waals surface area contributed by atoms with Gasteiger partial charge in [-0.05, 0) is 55.8 Å². The highest BCUT2D eigenvalue weighted by Gasteiger charge is 2.20. The summed E-state index contributed by atoms with van der Waals surface area (Å²) in [5.41, 5.74) is 6.02. The van der Waals surface area contributed by atoms with Crippen molar-refractivity contribution in [1.29, 1.82) is 0 Å². The fourth-order valence-corrected chi connectivity index (χ4v) is 2.94. The Morgan fingerprint density at radius 1 is 1.15 bits per heavy atom. The molecule has 3 N–H and O–H groups in total. The molecule has 0 bridgehead atoms. The molecule has 0 radical (unpaired) electrons. The fraction of sp³-hybridized carbons (Fsp3) is 0.421. The Balaban J connectivity index is 1.72. The van der Waals surface area contributed by atoms with Crippen LogP contribution in [0.4, 0.5) is 0 Å². The van der Waals surface area contributed by atoms with Gasteiger partial charge in [-0.15, -0.1) is 0 Å². The molecule has 0 saturated heterocycles. The zero-order valence-electron chi connectivity index (χ0n) is 14.9. The Morgan fingerprint density at radius 3 is 2.50 bits per heavy atom. The van der Waals surface area contributed by atoms with Gasteiger partial charge in [0.25, 0.3) is 0 Å². The lowest BCUT2D eigenvalue weighted by Gasteiger charge is -2.21. The standard InChI is InChI=1S/C19H25N3O3S/c1-2-25-16-11-8-14(9-12-16)10-13-17(23)20-19(26)22-21-18(24)15-6-4-3-5-7-15/h8-13,15H,2-7H2,1H3,(H,21,24)(H2,20,22,23,26)/b13-10+. The molecule has 2 rings (SSSR count). The van der Waals surface area contributed by atoms with Crippen molar-refractivity contribution >= 4 is 35.2 Å². The van der Waals surface area contributed by atoms with E-state index in [1.807, 2.05) is 31.2 Å². The van der Waals surface area contributed by atoms with Crippen LogP contribution in [0.1, 0.15) is 44.6 Å². The van der Waals surface area contributed by atoms with Crippen molar-refractivity contribution in [2.75, 3.05) is 6.61 Å². The van der Waals surface area contributed by atoms with Crippen LogP contribution in [0.3, 0.4) is 0 Å². The lowest BCUT2D eigenvalue weighted by molar-refractivity contribution is -0.126. The van der Waals surface area contributed by atoms with Crippen LogP contribution in [0.5, 0.6) is 5.75 Å². The number of benzene rings is 1. The van der Waals surface area contributed by atoms with Gasteiger partial charge in [-0.2, -0.15) is 0 Å². The summed E-state index contributed by atoms with van der Waals surface area (Å²) in [6, 6.07) is 7.40. The molecular formula is C19H25N3O3S. The summed E-state index contributed by atoms with van der Waals surface area (Å²) < 4.78 is 5.37. The number of amides is 2. The van der Waals surface area contributed by atoms with E-state index in [9.17, 15) is 9.59 Å². The smallest absolute Gasteiger partial charge is 0.250 e. The number of thiocarbonyl (C=S) groups is 1. The summed E-state index contributed by atoms with van der Waals surface area (Å²) in [7, 11) is 0. The van der Waals surface area contributed by atoms with E-state index in [1.54, 1.807) is 6.08 Å². The Kier molecular flexibility index (Phi) is 8.08. The number of nitrogens with one attached hydrogen (secondary N) is 3. The summed E-state index contributed by atoms with van der Waals surface area (Å²) in [6.07, 6.45) is 8.20. The molecule has 0 atom stereocenters. The molecule has 1 aliphatic rings. The summed E-state index contributed by atoms with van der Waals surface area (Å²) >= 11 is 5.02. The maximum Gasteiger partial charge on any atom is 0.250 e. The molecule has 26 heavy (non-hydrogen) atoms. The first kappa shape index (κ1) is 19.9. The lowest BCUT2D eigenvalue weighted by atomic mass is 9.89. The quantitative estimate of drug-likeness (QED) is 0.419. The first-order valence-corrected chi connectivity index (χ1v) is 9.31.